The van der Waals surface area contributed by atoms with Crippen LogP contribution in [0.3, 0.4) is 0 Å². The van der Waals surface area contributed by atoms with Crippen LogP contribution in [0, 0.1) is 5.41 Å². The Kier molecular flexibility index (Phi) is 3.08. The summed E-state index contributed by atoms with van der Waals surface area (Å²) in [6.07, 6.45) is 3.16. The van der Waals surface area contributed by atoms with Crippen LogP contribution >= 0.6 is 0 Å². The third-order valence-corrected chi connectivity index (χ3v) is 3.87. The van der Waals surface area contributed by atoms with Gasteiger partial charge in [0.05, 0.1) is 5.39 Å². The molecule has 0 bridgehead atoms. The molecule has 0 aliphatic heterocycles. The van der Waals surface area contributed by atoms with Crippen LogP contribution < -0.4 is 5.32 Å². The largest absolute Gasteiger partial charge is 0.346 e. The molecule has 2 heterocycles. The third kappa shape index (κ3) is 2.45. The van der Waals surface area contributed by atoms with E-state index in [0.29, 0.717) is 11.3 Å². The smallest absolute Gasteiger partial charge is 0.271 e. The highest BCUT2D eigenvalue weighted by Gasteiger charge is 2.34. The molecule has 0 aliphatic rings. The predicted molar refractivity (Wildman–Crippen MR) is 74.9 cm³/mol. The second-order valence-electron chi connectivity index (χ2n) is 6.29. The van der Waals surface area contributed by atoms with Crippen LogP contribution in [0.25, 0.3) is 11.0 Å². The van der Waals surface area contributed by atoms with E-state index in [9.17, 15) is 4.79 Å². The monoisotopic (exact) mass is 260 g/mol. The maximum atomic E-state index is 12.4. The molecule has 0 aliphatic carbocycles. The van der Waals surface area contributed by atoms with Crippen molar-refractivity contribution in [1.82, 2.24) is 20.3 Å². The first-order chi connectivity index (χ1) is 8.72. The van der Waals surface area contributed by atoms with Gasteiger partial charge in [-0.25, -0.2) is 9.97 Å². The van der Waals surface area contributed by atoms with Crippen molar-refractivity contribution in [2.75, 3.05) is 0 Å². The lowest BCUT2D eigenvalue weighted by Gasteiger charge is -2.39. The molecule has 0 atom stereocenters. The lowest BCUT2D eigenvalue weighted by Crippen LogP contribution is -2.52. The van der Waals surface area contributed by atoms with E-state index in [1.807, 2.05) is 19.9 Å². The Morgan fingerprint density at radius 2 is 1.89 bits per heavy atom. The summed E-state index contributed by atoms with van der Waals surface area (Å²) in [5, 5.41) is 3.79. The number of H-pyrrole nitrogens is 1. The van der Waals surface area contributed by atoms with Crippen LogP contribution in [0.5, 0.6) is 0 Å². The number of aromatic nitrogens is 3. The average Bonchev–Trinajstić information content (AvgIpc) is 2.73. The fraction of sp³-hybridized carbons (Fsp3) is 0.500. The molecular formula is C14H20N4O. The Balaban J connectivity index is 2.33. The van der Waals surface area contributed by atoms with Gasteiger partial charge in [0.1, 0.15) is 17.7 Å². The van der Waals surface area contributed by atoms with Crippen molar-refractivity contribution in [3.8, 4) is 0 Å². The van der Waals surface area contributed by atoms with E-state index in [2.05, 4.69) is 41.0 Å². The lowest BCUT2D eigenvalue weighted by molar-refractivity contribution is 0.0826. The van der Waals surface area contributed by atoms with Crippen LogP contribution in [0.2, 0.25) is 0 Å². The molecule has 5 heteroatoms. The number of fused-ring (bicyclic) bond motifs is 1. The zero-order valence-electron chi connectivity index (χ0n) is 12.0. The number of aromatic amines is 1. The predicted octanol–water partition coefficient (Wildman–Crippen LogP) is 2.51. The van der Waals surface area contributed by atoms with Crippen molar-refractivity contribution in [1.29, 1.82) is 0 Å². The molecule has 2 N–H and O–H groups in total. The van der Waals surface area contributed by atoms with Crippen molar-refractivity contribution in [3.63, 3.8) is 0 Å². The molecule has 102 valence electrons. The number of nitrogens with zero attached hydrogens (tertiary/aromatic N) is 2. The Morgan fingerprint density at radius 3 is 2.53 bits per heavy atom. The minimum absolute atomic E-state index is 0.0487. The van der Waals surface area contributed by atoms with Gasteiger partial charge < -0.3 is 10.3 Å². The Morgan fingerprint density at radius 1 is 1.21 bits per heavy atom. The molecule has 0 unspecified atom stereocenters. The summed E-state index contributed by atoms with van der Waals surface area (Å²) in [5.41, 5.74) is 0.697. The molecule has 2 aromatic rings. The molecule has 0 fully saturated rings. The number of nitrogens with one attached hydrogen (secondary N) is 2. The highest BCUT2D eigenvalue weighted by Crippen LogP contribution is 2.29. The van der Waals surface area contributed by atoms with Gasteiger partial charge in [0.2, 0.25) is 0 Å². The molecule has 0 saturated carbocycles. The second-order valence-corrected chi connectivity index (χ2v) is 6.29. The number of carbonyl (C=O) groups excluding carboxylic acids is 1. The Labute approximate surface area is 112 Å². The molecule has 2 rings (SSSR count). The number of hydrogen-bond acceptors (Lipinski definition) is 3. The molecule has 2 aromatic heterocycles. The van der Waals surface area contributed by atoms with E-state index in [1.54, 1.807) is 6.20 Å². The molecule has 19 heavy (non-hydrogen) atoms. The third-order valence-electron chi connectivity index (χ3n) is 3.87. The Bertz CT molecular complexity index is 607. The molecule has 0 radical (unpaired) electrons. The van der Waals surface area contributed by atoms with Crippen molar-refractivity contribution >= 4 is 16.9 Å². The number of carbonyl (C=O) groups is 1. The van der Waals surface area contributed by atoms with E-state index in [1.165, 1.54) is 6.33 Å². The Hall–Kier alpha value is -1.91. The highest BCUT2D eigenvalue weighted by molar-refractivity contribution is 6.03. The molecule has 0 aromatic carbocycles. The van der Waals surface area contributed by atoms with Gasteiger partial charge in [-0.15, -0.1) is 0 Å². The van der Waals surface area contributed by atoms with Crippen molar-refractivity contribution < 1.29 is 4.79 Å². The van der Waals surface area contributed by atoms with Crippen LogP contribution in [0.1, 0.15) is 45.1 Å². The number of hydrogen-bond donors (Lipinski definition) is 2. The van der Waals surface area contributed by atoms with Crippen molar-refractivity contribution in [2.45, 2.75) is 40.2 Å². The van der Waals surface area contributed by atoms with Gasteiger partial charge in [0, 0.05) is 11.7 Å². The molecular weight excluding hydrogens is 240 g/mol. The first kappa shape index (κ1) is 13.5. The standard InChI is InChI=1S/C14H20N4O/c1-13(2,3)14(4,5)18-12(19)10-9-6-7-15-11(9)17-8-16-10/h6-8H,1-5H3,(H,18,19)(H,15,16,17). The minimum Gasteiger partial charge on any atom is -0.346 e. The highest BCUT2D eigenvalue weighted by atomic mass is 16.2. The minimum atomic E-state index is -0.336. The van der Waals surface area contributed by atoms with Gasteiger partial charge in [-0.3, -0.25) is 4.79 Å². The fourth-order valence-electron chi connectivity index (χ4n) is 1.58. The summed E-state index contributed by atoms with van der Waals surface area (Å²) in [5.74, 6) is -0.174. The lowest BCUT2D eigenvalue weighted by atomic mass is 9.76. The first-order valence-corrected chi connectivity index (χ1v) is 6.33. The van der Waals surface area contributed by atoms with Gasteiger partial charge in [0.15, 0.2) is 0 Å². The van der Waals surface area contributed by atoms with Gasteiger partial charge in [-0.05, 0) is 25.3 Å². The topological polar surface area (TPSA) is 70.7 Å². The van der Waals surface area contributed by atoms with Crippen molar-refractivity contribution in [3.05, 3.63) is 24.3 Å². The molecule has 1 amide bonds. The molecule has 5 nitrogen and oxygen atoms in total. The molecule has 0 saturated heterocycles. The maximum Gasteiger partial charge on any atom is 0.271 e. The normalized spacial score (nSPS) is 12.7. The summed E-state index contributed by atoms with van der Waals surface area (Å²) in [6, 6.07) is 1.81. The first-order valence-electron chi connectivity index (χ1n) is 6.33. The maximum absolute atomic E-state index is 12.4. The molecule has 0 spiro atoms. The SMILES string of the molecule is CC(C)(C)C(C)(C)NC(=O)c1ncnc2[nH]ccc12. The zero-order chi connectivity index (χ0) is 14.3. The van der Waals surface area contributed by atoms with Crippen LogP contribution in [0.15, 0.2) is 18.6 Å². The van der Waals surface area contributed by atoms with E-state index in [-0.39, 0.29) is 16.9 Å². The van der Waals surface area contributed by atoms with Crippen LogP contribution in [0.4, 0.5) is 0 Å². The van der Waals surface area contributed by atoms with E-state index in [0.717, 1.165) is 5.39 Å². The van der Waals surface area contributed by atoms with Crippen LogP contribution in [-0.2, 0) is 0 Å². The van der Waals surface area contributed by atoms with E-state index < -0.39 is 0 Å². The van der Waals surface area contributed by atoms with Gasteiger partial charge >= 0.3 is 0 Å². The summed E-state index contributed by atoms with van der Waals surface area (Å²) < 4.78 is 0. The van der Waals surface area contributed by atoms with Crippen LogP contribution in [-0.4, -0.2) is 26.4 Å². The van der Waals surface area contributed by atoms with E-state index >= 15 is 0 Å². The summed E-state index contributed by atoms with van der Waals surface area (Å²) in [6.45, 7) is 10.3. The van der Waals surface area contributed by atoms with Crippen molar-refractivity contribution in [2.24, 2.45) is 5.41 Å². The summed E-state index contributed by atoms with van der Waals surface area (Å²) >= 11 is 0. The fourth-order valence-corrected chi connectivity index (χ4v) is 1.58. The van der Waals surface area contributed by atoms with Gasteiger partial charge in [-0.2, -0.15) is 0 Å². The second kappa shape index (κ2) is 4.33. The summed E-state index contributed by atoms with van der Waals surface area (Å²) in [7, 11) is 0. The zero-order valence-corrected chi connectivity index (χ0v) is 12.0. The van der Waals surface area contributed by atoms with Gasteiger partial charge in [-0.1, -0.05) is 20.8 Å². The van der Waals surface area contributed by atoms with E-state index in [4.69, 9.17) is 0 Å². The summed E-state index contributed by atoms with van der Waals surface area (Å²) in [4.78, 5) is 23.6. The van der Waals surface area contributed by atoms with Gasteiger partial charge in [0.25, 0.3) is 5.91 Å². The average molecular weight is 260 g/mol. The number of amides is 1. The quantitative estimate of drug-likeness (QED) is 0.871. The number of rotatable bonds is 2.